The quantitative estimate of drug-likeness (QED) is 0.622. The summed E-state index contributed by atoms with van der Waals surface area (Å²) in [6.45, 7) is 4.86. The Morgan fingerprint density at radius 2 is 1.72 bits per heavy atom. The molecule has 5 aliphatic carbocycles. The fourth-order valence-corrected chi connectivity index (χ4v) is 8.07. The molecule has 0 bridgehead atoms. The van der Waals surface area contributed by atoms with Crippen LogP contribution in [0.1, 0.15) is 90.9 Å². The Bertz CT molecular complexity index is 733. The second-order valence-corrected chi connectivity index (χ2v) is 11.3. The first kappa shape index (κ1) is 19.8. The van der Waals surface area contributed by atoms with E-state index in [0.717, 1.165) is 62.9 Å². The van der Waals surface area contributed by atoms with Gasteiger partial charge in [-0.1, -0.05) is 50.8 Å². The molecule has 3 saturated carbocycles. The molecule has 0 aliphatic heterocycles. The molecule has 0 aromatic heterocycles. The zero-order valence-electron chi connectivity index (χ0n) is 18.4. The van der Waals surface area contributed by atoms with Gasteiger partial charge in [0.1, 0.15) is 0 Å². The zero-order valence-corrected chi connectivity index (χ0v) is 18.4. The van der Waals surface area contributed by atoms with E-state index in [1.807, 2.05) is 0 Å². The number of hydrogen-bond acceptors (Lipinski definition) is 2. The number of aliphatic hydroxyl groups is 1. The van der Waals surface area contributed by atoms with Crippen LogP contribution in [0, 0.1) is 28.6 Å². The molecule has 0 radical (unpaired) electrons. The predicted molar refractivity (Wildman–Crippen MR) is 116 cm³/mol. The monoisotopic (exact) mass is 397 g/mol. The molecule has 160 valence electrons. The molecule has 0 saturated heterocycles. The van der Waals surface area contributed by atoms with E-state index in [1.165, 1.54) is 31.3 Å². The van der Waals surface area contributed by atoms with Crippen molar-refractivity contribution in [1.82, 2.24) is 5.32 Å². The van der Waals surface area contributed by atoms with Crippen molar-refractivity contribution in [3.8, 4) is 0 Å². The van der Waals surface area contributed by atoms with E-state index >= 15 is 0 Å². The number of fused-ring (bicyclic) bond motifs is 5. The number of carbonyl (C=O) groups is 1. The summed E-state index contributed by atoms with van der Waals surface area (Å²) >= 11 is 0. The zero-order chi connectivity index (χ0) is 20.2. The fourth-order valence-electron chi connectivity index (χ4n) is 8.07. The van der Waals surface area contributed by atoms with Crippen molar-refractivity contribution in [1.29, 1.82) is 0 Å². The average Bonchev–Trinajstić information content (AvgIpc) is 3.06. The van der Waals surface area contributed by atoms with Gasteiger partial charge in [-0.2, -0.15) is 0 Å². The van der Waals surface area contributed by atoms with Gasteiger partial charge in [0, 0.05) is 17.0 Å². The first-order valence-corrected chi connectivity index (χ1v) is 12.3. The van der Waals surface area contributed by atoms with Gasteiger partial charge in [0.25, 0.3) is 0 Å². The summed E-state index contributed by atoms with van der Waals surface area (Å²) in [6.07, 6.45) is 18.4. The highest BCUT2D eigenvalue weighted by Gasteiger charge is 2.57. The predicted octanol–water partition coefficient (Wildman–Crippen LogP) is 5.30. The summed E-state index contributed by atoms with van der Waals surface area (Å²) in [5.41, 5.74) is 2.96. The summed E-state index contributed by atoms with van der Waals surface area (Å²) in [6, 6.07) is 0.392. The number of amides is 1. The fraction of sp³-hybridized carbons (Fsp3) is 0.808. The summed E-state index contributed by atoms with van der Waals surface area (Å²) in [5, 5.41) is 13.6. The SMILES string of the molecule is C[C@]12CC[C@H](O)CC1=CC[C@@H]1[C@@H]2CC[C@]2(C)C(C(=O)NC3CCCCC3)=CC[C@@H]12. The number of rotatable bonds is 2. The van der Waals surface area contributed by atoms with E-state index in [4.69, 9.17) is 0 Å². The van der Waals surface area contributed by atoms with Gasteiger partial charge in [-0.05, 0) is 81.0 Å². The second kappa shape index (κ2) is 7.25. The standard InChI is InChI=1S/C26H39NO2/c1-25-14-12-19(28)16-17(25)8-9-20-21-10-11-23(26(21,2)15-13-22(20)25)24(29)27-18-6-4-3-5-7-18/h8,11,18-22,28H,3-7,9-10,12-16H2,1-2H3,(H,27,29)/t19-,20-,21-,22-,25-,26-/m0/s1. The highest BCUT2D eigenvalue weighted by Crippen LogP contribution is 2.64. The number of hydrogen-bond donors (Lipinski definition) is 2. The third kappa shape index (κ3) is 3.14. The lowest BCUT2D eigenvalue weighted by molar-refractivity contribution is -0.120. The molecule has 3 fully saturated rings. The van der Waals surface area contributed by atoms with Gasteiger partial charge in [0.05, 0.1) is 6.10 Å². The van der Waals surface area contributed by atoms with Crippen molar-refractivity contribution in [2.75, 3.05) is 0 Å². The van der Waals surface area contributed by atoms with Gasteiger partial charge in [-0.3, -0.25) is 4.79 Å². The van der Waals surface area contributed by atoms with Crippen LogP contribution < -0.4 is 5.32 Å². The van der Waals surface area contributed by atoms with Crippen LogP contribution in [0.5, 0.6) is 0 Å². The maximum Gasteiger partial charge on any atom is 0.247 e. The molecule has 1 amide bonds. The van der Waals surface area contributed by atoms with Crippen LogP contribution in [0.4, 0.5) is 0 Å². The molecule has 0 aromatic rings. The number of allylic oxidation sites excluding steroid dienone is 2. The van der Waals surface area contributed by atoms with Crippen LogP contribution in [0.25, 0.3) is 0 Å². The first-order valence-electron chi connectivity index (χ1n) is 12.3. The van der Waals surface area contributed by atoms with Crippen molar-refractivity contribution in [3.05, 3.63) is 23.3 Å². The Hall–Kier alpha value is -1.09. The van der Waals surface area contributed by atoms with E-state index in [2.05, 4.69) is 31.3 Å². The van der Waals surface area contributed by atoms with Crippen LogP contribution in [0.15, 0.2) is 23.3 Å². The average molecular weight is 398 g/mol. The van der Waals surface area contributed by atoms with Gasteiger partial charge >= 0.3 is 0 Å². The van der Waals surface area contributed by atoms with E-state index in [0.29, 0.717) is 17.9 Å². The smallest absolute Gasteiger partial charge is 0.247 e. The molecule has 0 heterocycles. The molecule has 0 aromatic carbocycles. The van der Waals surface area contributed by atoms with Crippen molar-refractivity contribution < 1.29 is 9.90 Å². The Kier molecular flexibility index (Phi) is 4.96. The van der Waals surface area contributed by atoms with E-state index < -0.39 is 0 Å². The van der Waals surface area contributed by atoms with Crippen molar-refractivity contribution >= 4 is 5.91 Å². The molecular weight excluding hydrogens is 358 g/mol. The van der Waals surface area contributed by atoms with Crippen molar-refractivity contribution in [3.63, 3.8) is 0 Å². The molecule has 5 aliphatic rings. The maximum atomic E-state index is 13.2. The van der Waals surface area contributed by atoms with Gasteiger partial charge in [0.15, 0.2) is 0 Å². The Morgan fingerprint density at radius 3 is 2.52 bits per heavy atom. The summed E-state index contributed by atoms with van der Waals surface area (Å²) < 4.78 is 0. The third-order valence-electron chi connectivity index (χ3n) is 9.84. The minimum Gasteiger partial charge on any atom is -0.393 e. The summed E-state index contributed by atoms with van der Waals surface area (Å²) in [7, 11) is 0. The molecule has 3 nitrogen and oxygen atoms in total. The molecule has 0 unspecified atom stereocenters. The molecular formula is C26H39NO2. The minimum atomic E-state index is -0.136. The highest BCUT2D eigenvalue weighted by atomic mass is 16.3. The molecule has 6 atom stereocenters. The van der Waals surface area contributed by atoms with Crippen LogP contribution in [-0.4, -0.2) is 23.2 Å². The minimum absolute atomic E-state index is 0.0514. The number of aliphatic hydroxyl groups excluding tert-OH is 1. The topological polar surface area (TPSA) is 49.3 Å². The maximum absolute atomic E-state index is 13.2. The van der Waals surface area contributed by atoms with Crippen molar-refractivity contribution in [2.45, 2.75) is 103 Å². The van der Waals surface area contributed by atoms with Gasteiger partial charge in [-0.25, -0.2) is 0 Å². The molecule has 29 heavy (non-hydrogen) atoms. The number of nitrogens with one attached hydrogen (secondary N) is 1. The Labute approximate surface area is 176 Å². The van der Waals surface area contributed by atoms with Crippen LogP contribution in [-0.2, 0) is 4.79 Å². The molecule has 5 rings (SSSR count). The lowest BCUT2D eigenvalue weighted by Gasteiger charge is -2.57. The highest BCUT2D eigenvalue weighted by molar-refractivity contribution is 5.95. The first-order chi connectivity index (χ1) is 13.9. The molecule has 3 heteroatoms. The van der Waals surface area contributed by atoms with Crippen molar-refractivity contribution in [2.24, 2.45) is 28.6 Å². The van der Waals surface area contributed by atoms with Gasteiger partial charge in [0.2, 0.25) is 5.91 Å². The second-order valence-electron chi connectivity index (χ2n) is 11.3. The van der Waals surface area contributed by atoms with Gasteiger partial charge in [-0.15, -0.1) is 0 Å². The number of carbonyl (C=O) groups excluding carboxylic acids is 1. The molecule has 0 spiro atoms. The normalized spacial score (nSPS) is 44.8. The van der Waals surface area contributed by atoms with Crippen LogP contribution in [0.3, 0.4) is 0 Å². The lowest BCUT2D eigenvalue weighted by atomic mass is 9.47. The largest absolute Gasteiger partial charge is 0.393 e. The van der Waals surface area contributed by atoms with Crippen LogP contribution >= 0.6 is 0 Å². The van der Waals surface area contributed by atoms with E-state index in [9.17, 15) is 9.90 Å². The van der Waals surface area contributed by atoms with E-state index in [-0.39, 0.29) is 22.8 Å². The summed E-state index contributed by atoms with van der Waals surface area (Å²) in [5.74, 6) is 2.26. The summed E-state index contributed by atoms with van der Waals surface area (Å²) in [4.78, 5) is 13.2. The molecule has 2 N–H and O–H groups in total. The van der Waals surface area contributed by atoms with Gasteiger partial charge < -0.3 is 10.4 Å². The lowest BCUT2D eigenvalue weighted by Crippen LogP contribution is -2.51. The van der Waals surface area contributed by atoms with Crippen LogP contribution in [0.2, 0.25) is 0 Å². The third-order valence-corrected chi connectivity index (χ3v) is 9.84. The Morgan fingerprint density at radius 1 is 0.966 bits per heavy atom. The Balaban J connectivity index is 1.34. The van der Waals surface area contributed by atoms with E-state index in [1.54, 1.807) is 0 Å².